The Labute approximate surface area is 183 Å². The van der Waals surface area contributed by atoms with E-state index in [0.717, 1.165) is 37.7 Å². The Morgan fingerprint density at radius 1 is 1.06 bits per heavy atom. The average molecular weight is 421 g/mol. The van der Waals surface area contributed by atoms with Crippen molar-refractivity contribution in [1.29, 1.82) is 0 Å². The van der Waals surface area contributed by atoms with Crippen molar-refractivity contribution < 1.29 is 18.8 Å². The van der Waals surface area contributed by atoms with Crippen LogP contribution in [0.4, 0.5) is 5.69 Å². The Morgan fingerprint density at radius 3 is 2.45 bits per heavy atom. The largest absolute Gasteiger partial charge is 0.494 e. The first-order chi connectivity index (χ1) is 15.2. The van der Waals surface area contributed by atoms with Crippen LogP contribution in [0.2, 0.25) is 0 Å². The van der Waals surface area contributed by atoms with Gasteiger partial charge in [-0.05, 0) is 55.5 Å². The van der Waals surface area contributed by atoms with Gasteiger partial charge in [-0.3, -0.25) is 4.79 Å². The molecule has 162 valence electrons. The van der Waals surface area contributed by atoms with Crippen molar-refractivity contribution >= 4 is 11.6 Å². The Morgan fingerprint density at radius 2 is 1.81 bits per heavy atom. The summed E-state index contributed by atoms with van der Waals surface area (Å²) >= 11 is 0. The molecule has 1 atom stereocenters. The number of rotatable bonds is 8. The molecule has 0 unspecified atom stereocenters. The lowest BCUT2D eigenvalue weighted by Gasteiger charge is -2.37. The van der Waals surface area contributed by atoms with E-state index in [4.69, 9.17) is 9.15 Å². The summed E-state index contributed by atoms with van der Waals surface area (Å²) in [7, 11) is 0. The number of hydrogen-bond donors (Lipinski definition) is 2. The van der Waals surface area contributed by atoms with E-state index in [-0.39, 0.29) is 11.9 Å². The van der Waals surface area contributed by atoms with Crippen molar-refractivity contribution in [3.05, 3.63) is 84.3 Å². The molecule has 2 N–H and O–H groups in total. The lowest BCUT2D eigenvalue weighted by atomic mass is 10.1. The standard InChI is InChI=1S/C25H29N3O3/c1-2-30-22-12-10-20(11-13-22)25(29)26-19-23(24-9-6-18-31-24)28-16-14-27(15-17-28)21-7-4-3-5-8-21/h3-13,18,23H,2,14-17,19H2,1H3,(H,26,29)/p+1/t23-/m0/s1. The number of quaternary nitrogens is 1. The smallest absolute Gasteiger partial charge is 0.251 e. The topological polar surface area (TPSA) is 59.1 Å². The van der Waals surface area contributed by atoms with Gasteiger partial charge in [0.25, 0.3) is 5.91 Å². The van der Waals surface area contributed by atoms with Crippen LogP contribution in [0, 0.1) is 0 Å². The molecule has 0 saturated carbocycles. The average Bonchev–Trinajstić information content (AvgIpc) is 3.35. The summed E-state index contributed by atoms with van der Waals surface area (Å²) in [5, 5.41) is 3.10. The van der Waals surface area contributed by atoms with Gasteiger partial charge in [-0.2, -0.15) is 0 Å². The minimum atomic E-state index is -0.0815. The highest BCUT2D eigenvalue weighted by atomic mass is 16.5. The molecule has 1 saturated heterocycles. The normalized spacial score (nSPS) is 15.5. The quantitative estimate of drug-likeness (QED) is 0.588. The van der Waals surface area contributed by atoms with Crippen LogP contribution < -0.4 is 19.9 Å². The molecule has 1 amide bonds. The predicted octanol–water partition coefficient (Wildman–Crippen LogP) is 2.55. The number of piperazine rings is 1. The lowest BCUT2D eigenvalue weighted by molar-refractivity contribution is -0.932. The molecule has 0 aliphatic carbocycles. The lowest BCUT2D eigenvalue weighted by Crippen LogP contribution is -3.15. The minimum absolute atomic E-state index is 0.0815. The number of carbonyl (C=O) groups is 1. The van der Waals surface area contributed by atoms with Crippen molar-refractivity contribution in [3.63, 3.8) is 0 Å². The minimum Gasteiger partial charge on any atom is -0.494 e. The number of nitrogens with zero attached hydrogens (tertiary/aromatic N) is 1. The van der Waals surface area contributed by atoms with Crippen molar-refractivity contribution in [1.82, 2.24) is 5.32 Å². The maximum atomic E-state index is 12.7. The second kappa shape index (κ2) is 10.2. The van der Waals surface area contributed by atoms with Gasteiger partial charge in [-0.1, -0.05) is 18.2 Å². The van der Waals surface area contributed by atoms with Crippen LogP contribution >= 0.6 is 0 Å². The molecule has 3 aromatic rings. The third-order valence-electron chi connectivity index (χ3n) is 5.80. The van der Waals surface area contributed by atoms with Gasteiger partial charge in [-0.15, -0.1) is 0 Å². The molecular formula is C25H30N3O3+. The Bertz CT molecular complexity index is 934. The van der Waals surface area contributed by atoms with Crippen molar-refractivity contribution in [3.8, 4) is 5.75 Å². The van der Waals surface area contributed by atoms with E-state index >= 15 is 0 Å². The molecule has 2 heterocycles. The first kappa shape index (κ1) is 21.0. The fourth-order valence-corrected chi connectivity index (χ4v) is 4.14. The Hall–Kier alpha value is -3.25. The van der Waals surface area contributed by atoms with Crippen LogP contribution in [0.25, 0.3) is 0 Å². The van der Waals surface area contributed by atoms with Crippen LogP contribution in [-0.4, -0.2) is 45.2 Å². The summed E-state index contributed by atoms with van der Waals surface area (Å²) in [6.07, 6.45) is 1.70. The number of ether oxygens (including phenoxy) is 1. The second-order valence-corrected chi connectivity index (χ2v) is 7.72. The molecule has 1 aromatic heterocycles. The number of para-hydroxylation sites is 1. The van der Waals surface area contributed by atoms with Gasteiger partial charge in [0.05, 0.1) is 45.6 Å². The zero-order chi connectivity index (χ0) is 21.5. The third-order valence-corrected chi connectivity index (χ3v) is 5.80. The van der Waals surface area contributed by atoms with E-state index < -0.39 is 0 Å². The molecule has 0 bridgehead atoms. The maximum Gasteiger partial charge on any atom is 0.251 e. The van der Waals surface area contributed by atoms with Crippen LogP contribution in [0.5, 0.6) is 5.75 Å². The van der Waals surface area contributed by atoms with E-state index in [2.05, 4.69) is 34.5 Å². The molecule has 31 heavy (non-hydrogen) atoms. The molecule has 2 aromatic carbocycles. The first-order valence-electron chi connectivity index (χ1n) is 10.9. The number of furan rings is 1. The van der Waals surface area contributed by atoms with Crippen LogP contribution in [0.3, 0.4) is 0 Å². The molecule has 1 aliphatic rings. The fraction of sp³-hybridized carbons (Fsp3) is 0.320. The van der Waals surface area contributed by atoms with Crippen LogP contribution in [-0.2, 0) is 0 Å². The van der Waals surface area contributed by atoms with E-state index in [0.29, 0.717) is 18.7 Å². The summed E-state index contributed by atoms with van der Waals surface area (Å²) in [6.45, 7) is 7.00. The van der Waals surface area contributed by atoms with E-state index in [1.165, 1.54) is 10.6 Å². The summed E-state index contributed by atoms with van der Waals surface area (Å²) in [4.78, 5) is 16.6. The van der Waals surface area contributed by atoms with Gasteiger partial charge in [0.15, 0.2) is 11.8 Å². The fourth-order valence-electron chi connectivity index (χ4n) is 4.14. The van der Waals surface area contributed by atoms with Gasteiger partial charge in [0.2, 0.25) is 0 Å². The molecule has 4 rings (SSSR count). The first-order valence-corrected chi connectivity index (χ1v) is 10.9. The summed E-state index contributed by atoms with van der Waals surface area (Å²) in [6, 6.07) is 21.8. The predicted molar refractivity (Wildman–Crippen MR) is 121 cm³/mol. The Balaban J connectivity index is 1.38. The third kappa shape index (κ3) is 5.27. The summed E-state index contributed by atoms with van der Waals surface area (Å²) in [5.41, 5.74) is 1.89. The van der Waals surface area contributed by atoms with Crippen molar-refractivity contribution in [2.75, 3.05) is 44.2 Å². The molecule has 1 aliphatic heterocycles. The summed E-state index contributed by atoms with van der Waals surface area (Å²) < 4.78 is 11.2. The number of benzene rings is 2. The molecular weight excluding hydrogens is 390 g/mol. The maximum absolute atomic E-state index is 12.7. The molecule has 1 fully saturated rings. The number of nitrogens with one attached hydrogen (secondary N) is 2. The van der Waals surface area contributed by atoms with E-state index in [1.807, 2.05) is 37.3 Å². The zero-order valence-electron chi connectivity index (χ0n) is 17.9. The van der Waals surface area contributed by atoms with E-state index in [1.54, 1.807) is 18.4 Å². The Kier molecular flexibility index (Phi) is 6.89. The van der Waals surface area contributed by atoms with Crippen LogP contribution in [0.1, 0.15) is 29.1 Å². The van der Waals surface area contributed by atoms with Crippen LogP contribution in [0.15, 0.2) is 77.4 Å². The second-order valence-electron chi connectivity index (χ2n) is 7.72. The number of amides is 1. The molecule has 6 nitrogen and oxygen atoms in total. The number of hydrogen-bond acceptors (Lipinski definition) is 4. The highest BCUT2D eigenvalue weighted by Crippen LogP contribution is 2.15. The molecule has 0 radical (unpaired) electrons. The van der Waals surface area contributed by atoms with Gasteiger partial charge < -0.3 is 24.3 Å². The monoisotopic (exact) mass is 420 g/mol. The highest BCUT2D eigenvalue weighted by molar-refractivity contribution is 5.94. The van der Waals surface area contributed by atoms with Gasteiger partial charge >= 0.3 is 0 Å². The zero-order valence-corrected chi connectivity index (χ0v) is 17.9. The van der Waals surface area contributed by atoms with E-state index in [9.17, 15) is 4.79 Å². The van der Waals surface area contributed by atoms with Gasteiger partial charge in [0.1, 0.15) is 5.75 Å². The number of anilines is 1. The highest BCUT2D eigenvalue weighted by Gasteiger charge is 2.31. The summed E-state index contributed by atoms with van der Waals surface area (Å²) in [5.74, 6) is 1.60. The molecule has 0 spiro atoms. The van der Waals surface area contributed by atoms with Gasteiger partial charge in [-0.25, -0.2) is 0 Å². The van der Waals surface area contributed by atoms with Crippen molar-refractivity contribution in [2.24, 2.45) is 0 Å². The SMILES string of the molecule is CCOc1ccc(C(=O)NC[C@@H](c2ccco2)[NH+]2CCN(c3ccccc3)CC2)cc1. The van der Waals surface area contributed by atoms with Gasteiger partial charge in [0, 0.05) is 11.3 Å². The number of carbonyl (C=O) groups excluding carboxylic acids is 1. The van der Waals surface area contributed by atoms with Crippen molar-refractivity contribution in [2.45, 2.75) is 13.0 Å². The molecule has 6 heteroatoms.